The summed E-state index contributed by atoms with van der Waals surface area (Å²) < 4.78 is 4.97. The van der Waals surface area contributed by atoms with Gasteiger partial charge in [-0.15, -0.1) is 0 Å². The number of carbonyl (C=O) groups excluding carboxylic acids is 2. The van der Waals surface area contributed by atoms with Crippen LogP contribution in [0.4, 0.5) is 0 Å². The van der Waals surface area contributed by atoms with Gasteiger partial charge in [0, 0.05) is 25.9 Å². The van der Waals surface area contributed by atoms with Crippen molar-refractivity contribution in [2.75, 3.05) is 20.7 Å². The molecule has 2 heterocycles. The fraction of sp³-hybridized carbons (Fsp3) is 0.500. The number of nitrogens with one attached hydrogen (secondary N) is 1. The summed E-state index contributed by atoms with van der Waals surface area (Å²) in [6.07, 6.45) is 2.96. The van der Waals surface area contributed by atoms with Crippen molar-refractivity contribution in [2.45, 2.75) is 25.3 Å². The van der Waals surface area contributed by atoms with Crippen molar-refractivity contribution in [3.63, 3.8) is 0 Å². The van der Waals surface area contributed by atoms with Crippen molar-refractivity contribution < 1.29 is 14.3 Å². The molecule has 108 valence electrons. The predicted molar refractivity (Wildman–Crippen MR) is 73.5 cm³/mol. The van der Waals surface area contributed by atoms with Crippen molar-refractivity contribution >= 4 is 11.8 Å². The Hall–Kier alpha value is -2.11. The van der Waals surface area contributed by atoms with E-state index in [9.17, 15) is 9.59 Å². The standard InChI is InChI=1S/C14H19N3O3/c1-14(13(19)15-2)7-4-8-17(14)12(18)10-5-6-11(20-3)16-9-10/h5-6,9H,4,7-8H2,1-3H3,(H,15,19)/t14-/m1/s1. The van der Waals surface area contributed by atoms with Crippen LogP contribution >= 0.6 is 0 Å². The lowest BCUT2D eigenvalue weighted by Crippen LogP contribution is -2.54. The van der Waals surface area contributed by atoms with E-state index < -0.39 is 5.54 Å². The summed E-state index contributed by atoms with van der Waals surface area (Å²) in [7, 11) is 3.11. The molecule has 1 fully saturated rings. The average molecular weight is 277 g/mol. The number of likely N-dealkylation sites (N-methyl/N-ethyl adjacent to an activating group) is 1. The first-order chi connectivity index (χ1) is 9.52. The Morgan fingerprint density at radius 1 is 1.45 bits per heavy atom. The third-order valence-electron chi connectivity index (χ3n) is 3.79. The van der Waals surface area contributed by atoms with Gasteiger partial charge in [-0.05, 0) is 25.8 Å². The normalized spacial score (nSPS) is 21.6. The lowest BCUT2D eigenvalue weighted by molar-refractivity contribution is -0.129. The molecule has 1 atom stereocenters. The zero-order chi connectivity index (χ0) is 14.8. The summed E-state index contributed by atoms with van der Waals surface area (Å²) >= 11 is 0. The molecule has 1 aliphatic heterocycles. The topological polar surface area (TPSA) is 71.5 Å². The van der Waals surface area contributed by atoms with E-state index in [1.54, 1.807) is 31.0 Å². The van der Waals surface area contributed by atoms with E-state index in [-0.39, 0.29) is 11.8 Å². The minimum Gasteiger partial charge on any atom is -0.481 e. The SMILES string of the molecule is CNC(=O)[C@@]1(C)CCCN1C(=O)c1ccc(OC)nc1. The number of nitrogens with zero attached hydrogens (tertiary/aromatic N) is 2. The van der Waals surface area contributed by atoms with E-state index >= 15 is 0 Å². The van der Waals surface area contributed by atoms with Gasteiger partial charge in [0.05, 0.1) is 12.7 Å². The monoisotopic (exact) mass is 277 g/mol. The van der Waals surface area contributed by atoms with Gasteiger partial charge in [0.15, 0.2) is 0 Å². The molecule has 0 unspecified atom stereocenters. The van der Waals surface area contributed by atoms with Crippen LogP contribution in [0.25, 0.3) is 0 Å². The summed E-state index contributed by atoms with van der Waals surface area (Å²) in [5, 5.41) is 2.63. The third kappa shape index (κ3) is 2.33. The van der Waals surface area contributed by atoms with Gasteiger partial charge in [0.1, 0.15) is 5.54 Å². The molecular weight excluding hydrogens is 258 g/mol. The first kappa shape index (κ1) is 14.3. The maximum atomic E-state index is 12.5. The fourth-order valence-electron chi connectivity index (χ4n) is 2.58. The summed E-state index contributed by atoms with van der Waals surface area (Å²) in [6.45, 7) is 2.38. The van der Waals surface area contributed by atoms with E-state index in [1.165, 1.54) is 13.3 Å². The van der Waals surface area contributed by atoms with Gasteiger partial charge in [-0.25, -0.2) is 4.98 Å². The molecule has 1 saturated heterocycles. The Morgan fingerprint density at radius 2 is 2.20 bits per heavy atom. The first-order valence-corrected chi connectivity index (χ1v) is 6.57. The van der Waals surface area contributed by atoms with E-state index in [0.717, 1.165) is 6.42 Å². The van der Waals surface area contributed by atoms with E-state index in [1.807, 2.05) is 0 Å². The summed E-state index contributed by atoms with van der Waals surface area (Å²) in [5.74, 6) is 0.144. The van der Waals surface area contributed by atoms with E-state index in [0.29, 0.717) is 24.4 Å². The van der Waals surface area contributed by atoms with Crippen LogP contribution in [0.1, 0.15) is 30.1 Å². The molecule has 20 heavy (non-hydrogen) atoms. The molecule has 6 heteroatoms. The first-order valence-electron chi connectivity index (χ1n) is 6.57. The fourth-order valence-corrected chi connectivity index (χ4v) is 2.58. The number of methoxy groups -OCH3 is 1. The zero-order valence-corrected chi connectivity index (χ0v) is 12.0. The maximum Gasteiger partial charge on any atom is 0.256 e. The minimum absolute atomic E-state index is 0.134. The van der Waals surface area contributed by atoms with Crippen molar-refractivity contribution in [3.8, 4) is 5.88 Å². The number of rotatable bonds is 3. The Morgan fingerprint density at radius 3 is 2.75 bits per heavy atom. The van der Waals surface area contributed by atoms with Crippen molar-refractivity contribution in [1.82, 2.24) is 15.2 Å². The Bertz CT molecular complexity index is 515. The summed E-state index contributed by atoms with van der Waals surface area (Å²) in [4.78, 5) is 30.2. The largest absolute Gasteiger partial charge is 0.481 e. The summed E-state index contributed by atoms with van der Waals surface area (Å²) in [6, 6.07) is 3.30. The number of hydrogen-bond donors (Lipinski definition) is 1. The highest BCUT2D eigenvalue weighted by atomic mass is 16.5. The molecule has 1 aromatic rings. The molecule has 0 bridgehead atoms. The minimum atomic E-state index is -0.786. The van der Waals surface area contributed by atoms with Gasteiger partial charge < -0.3 is 15.0 Å². The number of hydrogen-bond acceptors (Lipinski definition) is 4. The van der Waals surface area contributed by atoms with Crippen LogP contribution in [0.3, 0.4) is 0 Å². The van der Waals surface area contributed by atoms with Crippen LogP contribution in [0, 0.1) is 0 Å². The smallest absolute Gasteiger partial charge is 0.256 e. The molecule has 2 amide bonds. The highest BCUT2D eigenvalue weighted by Gasteiger charge is 2.45. The van der Waals surface area contributed by atoms with Crippen LogP contribution < -0.4 is 10.1 Å². The van der Waals surface area contributed by atoms with Crippen LogP contribution in [0.5, 0.6) is 5.88 Å². The lowest BCUT2D eigenvalue weighted by atomic mass is 9.97. The Balaban J connectivity index is 2.25. The molecule has 0 radical (unpaired) electrons. The van der Waals surface area contributed by atoms with Gasteiger partial charge in [-0.3, -0.25) is 9.59 Å². The molecule has 1 aromatic heterocycles. The molecule has 0 saturated carbocycles. The number of carbonyl (C=O) groups is 2. The van der Waals surface area contributed by atoms with Gasteiger partial charge in [0.25, 0.3) is 5.91 Å². The average Bonchev–Trinajstić information content (AvgIpc) is 2.89. The Kier molecular flexibility index (Phi) is 3.92. The second-order valence-corrected chi connectivity index (χ2v) is 5.00. The summed E-state index contributed by atoms with van der Waals surface area (Å²) in [5.41, 5.74) is -0.325. The molecule has 0 spiro atoms. The lowest BCUT2D eigenvalue weighted by Gasteiger charge is -2.33. The van der Waals surface area contributed by atoms with Crippen molar-refractivity contribution in [2.24, 2.45) is 0 Å². The number of amides is 2. The van der Waals surface area contributed by atoms with Gasteiger partial charge >= 0.3 is 0 Å². The van der Waals surface area contributed by atoms with E-state index in [2.05, 4.69) is 10.3 Å². The number of ether oxygens (including phenoxy) is 1. The van der Waals surface area contributed by atoms with Crippen LogP contribution in [0.2, 0.25) is 0 Å². The van der Waals surface area contributed by atoms with Crippen LogP contribution in [-0.2, 0) is 4.79 Å². The van der Waals surface area contributed by atoms with Gasteiger partial charge in [0.2, 0.25) is 11.8 Å². The van der Waals surface area contributed by atoms with Gasteiger partial charge in [-0.2, -0.15) is 0 Å². The van der Waals surface area contributed by atoms with Crippen LogP contribution in [-0.4, -0.2) is 47.9 Å². The molecule has 1 N–H and O–H groups in total. The number of pyridine rings is 1. The van der Waals surface area contributed by atoms with E-state index in [4.69, 9.17) is 4.74 Å². The second-order valence-electron chi connectivity index (χ2n) is 5.00. The quantitative estimate of drug-likeness (QED) is 0.888. The van der Waals surface area contributed by atoms with Crippen molar-refractivity contribution in [3.05, 3.63) is 23.9 Å². The molecular formula is C14H19N3O3. The second kappa shape index (κ2) is 5.48. The predicted octanol–water partition coefficient (Wildman–Crippen LogP) is 0.831. The Labute approximate surface area is 118 Å². The van der Waals surface area contributed by atoms with Crippen molar-refractivity contribution in [1.29, 1.82) is 0 Å². The zero-order valence-electron chi connectivity index (χ0n) is 12.0. The maximum absolute atomic E-state index is 12.5. The van der Waals surface area contributed by atoms with Crippen LogP contribution in [0.15, 0.2) is 18.3 Å². The number of likely N-dealkylation sites (tertiary alicyclic amines) is 1. The molecule has 1 aliphatic rings. The molecule has 6 nitrogen and oxygen atoms in total. The van der Waals surface area contributed by atoms with Gasteiger partial charge in [-0.1, -0.05) is 0 Å². The highest BCUT2D eigenvalue weighted by molar-refractivity contribution is 5.99. The highest BCUT2D eigenvalue weighted by Crippen LogP contribution is 2.30. The molecule has 0 aromatic carbocycles. The third-order valence-corrected chi connectivity index (χ3v) is 3.79. The molecule has 2 rings (SSSR count). The number of aromatic nitrogens is 1. The molecule has 0 aliphatic carbocycles.